The lowest BCUT2D eigenvalue weighted by molar-refractivity contribution is -0.138. The third kappa shape index (κ3) is 4.76. The molecule has 2 atom stereocenters. The molecule has 1 heterocycles. The van der Waals surface area contributed by atoms with E-state index in [9.17, 15) is 14.7 Å². The summed E-state index contributed by atoms with van der Waals surface area (Å²) in [5.74, 6) is -0.0138. The molecule has 0 spiro atoms. The molecule has 7 nitrogen and oxygen atoms in total. The van der Waals surface area contributed by atoms with Crippen molar-refractivity contribution in [1.82, 2.24) is 5.32 Å². The molecular formula is C28H31NO6. The molecule has 2 aromatic carbocycles. The summed E-state index contributed by atoms with van der Waals surface area (Å²) in [5.41, 5.74) is 4.18. The van der Waals surface area contributed by atoms with E-state index in [-0.39, 0.29) is 24.1 Å². The Bertz CT molecular complexity index is 1190. The van der Waals surface area contributed by atoms with Gasteiger partial charge in [0.05, 0.1) is 25.9 Å². The highest BCUT2D eigenvalue weighted by atomic mass is 16.5. The number of carbonyl (C=O) groups excluding carboxylic acids is 2. The number of hydrogen-bond donors (Lipinski definition) is 2. The van der Waals surface area contributed by atoms with Crippen molar-refractivity contribution in [2.24, 2.45) is 0 Å². The van der Waals surface area contributed by atoms with Gasteiger partial charge in [0.1, 0.15) is 5.75 Å². The van der Waals surface area contributed by atoms with Crippen LogP contribution in [0.1, 0.15) is 56.6 Å². The number of nitrogens with one attached hydrogen (secondary N) is 1. The maximum absolute atomic E-state index is 13.7. The molecule has 1 aliphatic carbocycles. The molecule has 0 aromatic heterocycles. The normalized spacial score (nSPS) is 19.7. The largest absolute Gasteiger partial charge is 0.504 e. The lowest BCUT2D eigenvalue weighted by Gasteiger charge is -2.36. The van der Waals surface area contributed by atoms with Crippen LogP contribution in [0.4, 0.5) is 0 Å². The number of Topliss-reactive ketones (excluding diaryl/α,β-unsaturated/α-hetero) is 1. The summed E-state index contributed by atoms with van der Waals surface area (Å²) in [6.45, 7) is 6.01. The van der Waals surface area contributed by atoms with Crippen LogP contribution in [-0.2, 0) is 14.3 Å². The van der Waals surface area contributed by atoms with Crippen molar-refractivity contribution in [3.63, 3.8) is 0 Å². The quantitative estimate of drug-likeness (QED) is 0.557. The van der Waals surface area contributed by atoms with Crippen molar-refractivity contribution in [3.05, 3.63) is 76.1 Å². The van der Waals surface area contributed by atoms with Gasteiger partial charge < -0.3 is 24.6 Å². The third-order valence-corrected chi connectivity index (χ3v) is 6.53. The number of phenols is 1. The Kier molecular flexibility index (Phi) is 7.15. The number of esters is 1. The van der Waals surface area contributed by atoms with Crippen molar-refractivity contribution in [1.29, 1.82) is 0 Å². The Labute approximate surface area is 205 Å². The minimum absolute atomic E-state index is 0.00617. The third-order valence-electron chi connectivity index (χ3n) is 6.53. The maximum atomic E-state index is 13.7. The molecule has 0 unspecified atom stereocenters. The average Bonchev–Trinajstić information content (AvgIpc) is 2.84. The standard InChI is InChI=1S/C28H31NO6/c1-5-34-24-15-18(9-12-22(24)30)26-25(28(32)35-6-2)16(3)29-21-13-19(14-23(31)27(21)26)17-7-10-20(33-4)11-8-17/h7-12,15,19,26,29-30H,5-6,13-14H2,1-4H3/t19-,26+/m1/s1. The van der Waals surface area contributed by atoms with Gasteiger partial charge in [-0.15, -0.1) is 0 Å². The zero-order valence-electron chi connectivity index (χ0n) is 20.5. The van der Waals surface area contributed by atoms with Crippen LogP contribution < -0.4 is 14.8 Å². The highest BCUT2D eigenvalue weighted by Crippen LogP contribution is 2.47. The number of benzene rings is 2. The van der Waals surface area contributed by atoms with E-state index in [1.807, 2.05) is 38.1 Å². The molecule has 4 rings (SSSR count). The van der Waals surface area contributed by atoms with Gasteiger partial charge in [0.15, 0.2) is 17.3 Å². The van der Waals surface area contributed by atoms with E-state index >= 15 is 0 Å². The number of dihydropyridines is 1. The molecule has 1 aliphatic heterocycles. The van der Waals surface area contributed by atoms with E-state index in [0.29, 0.717) is 47.6 Å². The van der Waals surface area contributed by atoms with Gasteiger partial charge in [-0.1, -0.05) is 18.2 Å². The van der Waals surface area contributed by atoms with E-state index in [1.54, 1.807) is 26.2 Å². The molecule has 0 fully saturated rings. The van der Waals surface area contributed by atoms with Crippen LogP contribution in [0.3, 0.4) is 0 Å². The first-order valence-corrected chi connectivity index (χ1v) is 11.9. The van der Waals surface area contributed by atoms with Crippen molar-refractivity contribution >= 4 is 11.8 Å². The summed E-state index contributed by atoms with van der Waals surface area (Å²) in [5, 5.41) is 13.6. The number of hydrogen-bond acceptors (Lipinski definition) is 7. The molecule has 2 aromatic rings. The first-order chi connectivity index (χ1) is 16.9. The van der Waals surface area contributed by atoms with Crippen LogP contribution in [0.5, 0.6) is 17.2 Å². The Hall–Kier alpha value is -3.74. The predicted octanol–water partition coefficient (Wildman–Crippen LogP) is 4.72. The van der Waals surface area contributed by atoms with Crippen molar-refractivity contribution < 1.29 is 28.9 Å². The summed E-state index contributed by atoms with van der Waals surface area (Å²) >= 11 is 0. The Morgan fingerprint density at radius 2 is 1.77 bits per heavy atom. The topological polar surface area (TPSA) is 94.1 Å². The summed E-state index contributed by atoms with van der Waals surface area (Å²) in [6, 6.07) is 12.7. The van der Waals surface area contributed by atoms with Crippen LogP contribution in [0.25, 0.3) is 0 Å². The molecule has 0 bridgehead atoms. The number of ketones is 1. The highest BCUT2D eigenvalue weighted by Gasteiger charge is 2.41. The summed E-state index contributed by atoms with van der Waals surface area (Å²) < 4.78 is 16.2. The van der Waals surface area contributed by atoms with E-state index in [0.717, 1.165) is 17.0 Å². The van der Waals surface area contributed by atoms with Gasteiger partial charge in [0.2, 0.25) is 0 Å². The number of aromatic hydroxyl groups is 1. The molecule has 2 N–H and O–H groups in total. The van der Waals surface area contributed by atoms with Crippen LogP contribution in [0.2, 0.25) is 0 Å². The van der Waals surface area contributed by atoms with Crippen molar-refractivity contribution in [2.75, 3.05) is 20.3 Å². The fourth-order valence-electron chi connectivity index (χ4n) is 4.94. The zero-order valence-corrected chi connectivity index (χ0v) is 20.5. The Morgan fingerprint density at radius 1 is 1.06 bits per heavy atom. The van der Waals surface area contributed by atoms with Gasteiger partial charge in [-0.25, -0.2) is 4.79 Å². The maximum Gasteiger partial charge on any atom is 0.336 e. The lowest BCUT2D eigenvalue weighted by Crippen LogP contribution is -2.36. The first kappa shape index (κ1) is 24.4. The molecule has 0 amide bonds. The number of ether oxygens (including phenoxy) is 3. The molecule has 7 heteroatoms. The number of allylic oxidation sites excluding steroid dienone is 3. The van der Waals surface area contributed by atoms with Crippen LogP contribution in [0, 0.1) is 0 Å². The zero-order chi connectivity index (χ0) is 25.1. The molecule has 35 heavy (non-hydrogen) atoms. The molecule has 0 radical (unpaired) electrons. The van der Waals surface area contributed by atoms with Crippen molar-refractivity contribution in [2.45, 2.75) is 45.4 Å². The van der Waals surface area contributed by atoms with Gasteiger partial charge in [-0.2, -0.15) is 0 Å². The number of rotatable bonds is 7. The first-order valence-electron chi connectivity index (χ1n) is 11.9. The number of phenolic OH excluding ortho intramolecular Hbond substituents is 1. The smallest absolute Gasteiger partial charge is 0.336 e. The number of carbonyl (C=O) groups is 2. The van der Waals surface area contributed by atoms with Gasteiger partial charge in [0, 0.05) is 29.3 Å². The van der Waals surface area contributed by atoms with E-state index in [4.69, 9.17) is 14.2 Å². The van der Waals surface area contributed by atoms with Gasteiger partial charge in [-0.05, 0) is 68.5 Å². The summed E-state index contributed by atoms with van der Waals surface area (Å²) in [7, 11) is 1.62. The molecule has 0 saturated heterocycles. The van der Waals surface area contributed by atoms with Crippen LogP contribution in [-0.4, -0.2) is 37.2 Å². The van der Waals surface area contributed by atoms with E-state index < -0.39 is 11.9 Å². The monoisotopic (exact) mass is 477 g/mol. The highest BCUT2D eigenvalue weighted by molar-refractivity contribution is 6.04. The van der Waals surface area contributed by atoms with Gasteiger partial charge in [-0.3, -0.25) is 4.79 Å². The minimum Gasteiger partial charge on any atom is -0.504 e. The molecule has 2 aliphatic rings. The Balaban J connectivity index is 1.79. The second-order valence-electron chi connectivity index (χ2n) is 8.67. The SMILES string of the molecule is CCOC(=O)C1=C(C)NC2=C(C(=O)C[C@H](c3ccc(OC)cc3)C2)[C@H]1c1ccc(O)c(OCC)c1. The summed E-state index contributed by atoms with van der Waals surface area (Å²) in [4.78, 5) is 26.7. The van der Waals surface area contributed by atoms with Gasteiger partial charge >= 0.3 is 5.97 Å². The van der Waals surface area contributed by atoms with E-state index in [1.165, 1.54) is 6.07 Å². The molecule has 184 valence electrons. The number of methoxy groups -OCH3 is 1. The van der Waals surface area contributed by atoms with Crippen LogP contribution >= 0.6 is 0 Å². The second-order valence-corrected chi connectivity index (χ2v) is 8.67. The van der Waals surface area contributed by atoms with Gasteiger partial charge in [0.25, 0.3) is 0 Å². The Morgan fingerprint density at radius 3 is 2.43 bits per heavy atom. The molecule has 0 saturated carbocycles. The fourth-order valence-corrected chi connectivity index (χ4v) is 4.94. The average molecular weight is 478 g/mol. The lowest BCUT2D eigenvalue weighted by atomic mass is 9.71. The second kappa shape index (κ2) is 10.3. The fraction of sp³-hybridized carbons (Fsp3) is 0.357. The van der Waals surface area contributed by atoms with E-state index in [2.05, 4.69) is 5.32 Å². The minimum atomic E-state index is -0.616. The summed E-state index contributed by atoms with van der Waals surface area (Å²) in [6.07, 6.45) is 0.961. The van der Waals surface area contributed by atoms with Crippen molar-refractivity contribution in [3.8, 4) is 17.2 Å². The predicted molar refractivity (Wildman–Crippen MR) is 131 cm³/mol. The van der Waals surface area contributed by atoms with Crippen LogP contribution in [0.15, 0.2) is 65.0 Å². The molecular weight excluding hydrogens is 446 g/mol.